The normalized spacial score (nSPS) is 11.9. The van der Waals surface area contributed by atoms with E-state index in [1.54, 1.807) is 0 Å². The van der Waals surface area contributed by atoms with Crippen molar-refractivity contribution in [2.45, 2.75) is 52.8 Å². The van der Waals surface area contributed by atoms with Crippen LogP contribution in [0.5, 0.6) is 0 Å². The second-order valence-electron chi connectivity index (χ2n) is 5.32. The standard InChI is InChI=1S/C11H22O2Si/c1-9(2)6-7-10(12)8-11(13)14(3,4)5/h9H,6-8H2,1-5H3. The molecule has 0 fully saturated rings. The van der Waals surface area contributed by atoms with Gasteiger partial charge in [0, 0.05) is 6.42 Å². The quantitative estimate of drug-likeness (QED) is 0.503. The lowest BCUT2D eigenvalue weighted by atomic mass is 10.0. The Morgan fingerprint density at radius 2 is 1.64 bits per heavy atom. The van der Waals surface area contributed by atoms with Crippen LogP contribution in [0.3, 0.4) is 0 Å². The van der Waals surface area contributed by atoms with Gasteiger partial charge in [-0.3, -0.25) is 4.79 Å². The fraction of sp³-hybridized carbons (Fsp3) is 0.818. The van der Waals surface area contributed by atoms with Gasteiger partial charge in [-0.15, -0.1) is 0 Å². The molecule has 0 aromatic carbocycles. The van der Waals surface area contributed by atoms with Gasteiger partial charge in [0.1, 0.15) is 19.3 Å². The molecule has 0 saturated heterocycles. The van der Waals surface area contributed by atoms with Crippen molar-refractivity contribution in [3.63, 3.8) is 0 Å². The molecule has 0 heterocycles. The van der Waals surface area contributed by atoms with E-state index < -0.39 is 8.07 Å². The van der Waals surface area contributed by atoms with Crippen LogP contribution in [0, 0.1) is 5.92 Å². The molecule has 0 aliphatic rings. The zero-order valence-electron chi connectivity index (χ0n) is 10.0. The van der Waals surface area contributed by atoms with Crippen molar-refractivity contribution in [3.8, 4) is 0 Å². The van der Waals surface area contributed by atoms with Gasteiger partial charge >= 0.3 is 0 Å². The molecule has 0 aromatic heterocycles. The first-order chi connectivity index (χ1) is 6.23. The minimum Gasteiger partial charge on any atom is -0.305 e. The molecule has 0 aromatic rings. The molecule has 14 heavy (non-hydrogen) atoms. The Balaban J connectivity index is 3.90. The Hall–Kier alpha value is -0.443. The SMILES string of the molecule is CC(C)CCC(=O)CC(=O)[Si](C)(C)C. The van der Waals surface area contributed by atoms with Gasteiger partial charge in [0.25, 0.3) is 0 Å². The topological polar surface area (TPSA) is 34.1 Å². The Kier molecular flexibility index (Phi) is 5.27. The predicted octanol–water partition coefficient (Wildman–Crippen LogP) is 2.83. The fourth-order valence-corrected chi connectivity index (χ4v) is 1.71. The van der Waals surface area contributed by atoms with Crippen molar-refractivity contribution in [1.29, 1.82) is 0 Å². The van der Waals surface area contributed by atoms with Gasteiger partial charge in [0.15, 0.2) is 0 Å². The number of hydrogen-bond acceptors (Lipinski definition) is 2. The zero-order chi connectivity index (χ0) is 11.4. The first-order valence-corrected chi connectivity index (χ1v) is 8.78. The maximum absolute atomic E-state index is 11.6. The smallest absolute Gasteiger partial charge is 0.139 e. The van der Waals surface area contributed by atoms with E-state index in [0.717, 1.165) is 6.42 Å². The molecule has 0 bridgehead atoms. The summed E-state index contributed by atoms with van der Waals surface area (Å²) in [4.78, 5) is 23.0. The van der Waals surface area contributed by atoms with Crippen molar-refractivity contribution in [1.82, 2.24) is 0 Å². The predicted molar refractivity (Wildman–Crippen MR) is 62.0 cm³/mol. The highest BCUT2D eigenvalue weighted by Crippen LogP contribution is 2.10. The first kappa shape index (κ1) is 13.6. The number of carbonyl (C=O) groups excluding carboxylic acids is 2. The summed E-state index contributed by atoms with van der Waals surface area (Å²) in [5.41, 5.74) is 0. The molecule has 0 N–H and O–H groups in total. The average molecular weight is 214 g/mol. The van der Waals surface area contributed by atoms with Gasteiger partial charge in [0.2, 0.25) is 0 Å². The molecule has 0 unspecified atom stereocenters. The molecule has 2 nitrogen and oxygen atoms in total. The monoisotopic (exact) mass is 214 g/mol. The molecule has 0 amide bonds. The minimum atomic E-state index is -1.74. The highest BCUT2D eigenvalue weighted by molar-refractivity contribution is 7.03. The number of ketones is 1. The Morgan fingerprint density at radius 1 is 1.14 bits per heavy atom. The molecule has 0 aliphatic heterocycles. The van der Waals surface area contributed by atoms with E-state index >= 15 is 0 Å². The summed E-state index contributed by atoms with van der Waals surface area (Å²) in [5, 5.41) is 0.186. The van der Waals surface area contributed by atoms with Gasteiger partial charge in [0.05, 0.1) is 6.42 Å². The first-order valence-electron chi connectivity index (χ1n) is 5.28. The molecular weight excluding hydrogens is 192 g/mol. The molecule has 82 valence electrons. The minimum absolute atomic E-state index is 0.117. The Bertz CT molecular complexity index is 214. The maximum atomic E-state index is 11.6. The van der Waals surface area contributed by atoms with Crippen LogP contribution in [0.25, 0.3) is 0 Å². The third kappa shape index (κ3) is 6.08. The van der Waals surface area contributed by atoms with Crippen LogP contribution in [0.2, 0.25) is 19.6 Å². The van der Waals surface area contributed by atoms with Crippen molar-refractivity contribution in [2.75, 3.05) is 0 Å². The van der Waals surface area contributed by atoms with Crippen LogP contribution in [0.1, 0.15) is 33.1 Å². The van der Waals surface area contributed by atoms with E-state index in [4.69, 9.17) is 0 Å². The zero-order valence-corrected chi connectivity index (χ0v) is 11.0. The molecule has 0 saturated carbocycles. The van der Waals surface area contributed by atoms with Crippen LogP contribution in [-0.2, 0) is 9.59 Å². The molecule has 3 heteroatoms. The van der Waals surface area contributed by atoms with Gasteiger partial charge < -0.3 is 4.79 Å². The van der Waals surface area contributed by atoms with Crippen LogP contribution < -0.4 is 0 Å². The molecule has 0 rings (SSSR count). The van der Waals surface area contributed by atoms with E-state index in [2.05, 4.69) is 13.8 Å². The third-order valence-corrected chi connectivity index (χ3v) is 4.04. The highest BCUT2D eigenvalue weighted by Gasteiger charge is 2.25. The van der Waals surface area contributed by atoms with Gasteiger partial charge in [-0.1, -0.05) is 33.5 Å². The summed E-state index contributed by atoms with van der Waals surface area (Å²) < 4.78 is 0. The van der Waals surface area contributed by atoms with Crippen molar-refractivity contribution in [3.05, 3.63) is 0 Å². The summed E-state index contributed by atoms with van der Waals surface area (Å²) in [6.07, 6.45) is 1.63. The largest absolute Gasteiger partial charge is 0.305 e. The van der Waals surface area contributed by atoms with Crippen LogP contribution in [0.4, 0.5) is 0 Å². The fourth-order valence-electron chi connectivity index (χ4n) is 0.982. The van der Waals surface area contributed by atoms with Crippen molar-refractivity contribution >= 4 is 19.3 Å². The third-order valence-electron chi connectivity index (χ3n) is 2.19. The van der Waals surface area contributed by atoms with E-state index in [1.165, 1.54) is 0 Å². The van der Waals surface area contributed by atoms with E-state index in [1.807, 2.05) is 19.6 Å². The highest BCUT2D eigenvalue weighted by atomic mass is 28.3. The van der Waals surface area contributed by atoms with Gasteiger partial charge in [-0.2, -0.15) is 0 Å². The maximum Gasteiger partial charge on any atom is 0.139 e. The van der Waals surface area contributed by atoms with Crippen LogP contribution in [-0.4, -0.2) is 19.3 Å². The second kappa shape index (κ2) is 5.44. The van der Waals surface area contributed by atoms with E-state index in [0.29, 0.717) is 12.3 Å². The summed E-state index contributed by atoms with van der Waals surface area (Å²) in [6.45, 7) is 10.2. The van der Waals surface area contributed by atoms with E-state index in [-0.39, 0.29) is 17.6 Å². The number of carbonyl (C=O) groups is 2. The van der Waals surface area contributed by atoms with Crippen molar-refractivity contribution < 1.29 is 9.59 Å². The van der Waals surface area contributed by atoms with Crippen molar-refractivity contribution in [2.24, 2.45) is 5.92 Å². The second-order valence-corrected chi connectivity index (χ2v) is 10.4. The Labute approximate surface area is 88.1 Å². The Morgan fingerprint density at radius 3 is 2.00 bits per heavy atom. The van der Waals surface area contributed by atoms with Gasteiger partial charge in [-0.25, -0.2) is 0 Å². The number of Topliss-reactive ketones (excluding diaryl/α,β-unsaturated/α-hetero) is 1. The lowest BCUT2D eigenvalue weighted by Crippen LogP contribution is -2.34. The molecule has 0 radical (unpaired) electrons. The number of rotatable bonds is 6. The van der Waals surface area contributed by atoms with E-state index in [9.17, 15) is 9.59 Å². The number of hydrogen-bond donors (Lipinski definition) is 0. The van der Waals surface area contributed by atoms with Crippen LogP contribution >= 0.6 is 0 Å². The summed E-state index contributed by atoms with van der Waals surface area (Å²) in [5.74, 6) is 0.659. The molecule has 0 atom stereocenters. The van der Waals surface area contributed by atoms with Gasteiger partial charge in [-0.05, 0) is 12.3 Å². The molecule has 0 spiro atoms. The summed E-state index contributed by atoms with van der Waals surface area (Å²) in [7, 11) is -1.74. The average Bonchev–Trinajstić information content (AvgIpc) is 1.99. The molecular formula is C11H22O2Si. The summed E-state index contributed by atoms with van der Waals surface area (Å²) >= 11 is 0. The molecule has 0 aliphatic carbocycles. The lowest BCUT2D eigenvalue weighted by molar-refractivity contribution is -0.124. The van der Waals surface area contributed by atoms with Crippen LogP contribution in [0.15, 0.2) is 0 Å². The lowest BCUT2D eigenvalue weighted by Gasteiger charge is -2.13. The summed E-state index contributed by atoms with van der Waals surface area (Å²) in [6, 6.07) is 0.